The fourth-order valence-corrected chi connectivity index (χ4v) is 3.82. The Bertz CT molecular complexity index is 975. The van der Waals surface area contributed by atoms with Crippen LogP contribution < -0.4 is 5.32 Å². The van der Waals surface area contributed by atoms with E-state index in [1.54, 1.807) is 24.3 Å². The first-order valence-electron chi connectivity index (χ1n) is 9.15. The quantitative estimate of drug-likeness (QED) is 0.656. The number of rotatable bonds is 2. The molecule has 1 N–H and O–H groups in total. The van der Waals surface area contributed by atoms with Crippen LogP contribution in [-0.2, 0) is 9.53 Å². The van der Waals surface area contributed by atoms with E-state index in [-0.39, 0.29) is 23.2 Å². The lowest BCUT2D eigenvalue weighted by atomic mass is 9.97. The lowest BCUT2D eigenvalue weighted by molar-refractivity contribution is -0.126. The molecular weight excluding hydrogens is 467 g/mol. The van der Waals surface area contributed by atoms with Gasteiger partial charge in [0.1, 0.15) is 17.3 Å². The number of hydrogen-bond donors (Lipinski definition) is 1. The minimum Gasteiger partial charge on any atom is -0.373 e. The summed E-state index contributed by atoms with van der Waals surface area (Å²) >= 11 is 2.93. The molecule has 1 saturated heterocycles. The molecule has 1 aromatic carbocycles. The van der Waals surface area contributed by atoms with E-state index in [1.165, 1.54) is 23.2 Å². The number of nitrogens with zero attached hydrogens (tertiary/aromatic N) is 2. The number of amides is 2. The van der Waals surface area contributed by atoms with Crippen LogP contribution in [0.1, 0.15) is 15.9 Å². The van der Waals surface area contributed by atoms with Crippen LogP contribution in [0.15, 0.2) is 53.1 Å². The second-order valence-corrected chi connectivity index (χ2v) is 7.86. The maximum Gasteiger partial charge on any atom is 0.288 e. The summed E-state index contributed by atoms with van der Waals surface area (Å²) < 4.78 is 46.2. The molecule has 10 heteroatoms. The number of halogens is 4. The van der Waals surface area contributed by atoms with Gasteiger partial charge in [-0.2, -0.15) is 4.39 Å². The second kappa shape index (κ2) is 7.92. The molecule has 4 rings (SSSR count). The van der Waals surface area contributed by atoms with Crippen molar-refractivity contribution in [3.05, 3.63) is 64.2 Å². The van der Waals surface area contributed by atoms with Crippen molar-refractivity contribution in [3.8, 4) is 0 Å². The van der Waals surface area contributed by atoms with Crippen LogP contribution in [0.5, 0.6) is 0 Å². The number of nitrogens with one attached hydrogen (secondary N) is 1. The zero-order valence-corrected chi connectivity index (χ0v) is 17.2. The molecule has 0 spiro atoms. The number of ether oxygens (including phenoxy) is 1. The van der Waals surface area contributed by atoms with Crippen molar-refractivity contribution in [2.75, 3.05) is 26.3 Å². The molecule has 3 aliphatic heterocycles. The van der Waals surface area contributed by atoms with Crippen LogP contribution in [0.4, 0.5) is 13.2 Å². The highest BCUT2D eigenvalue weighted by molar-refractivity contribution is 9.12. The molecule has 158 valence electrons. The van der Waals surface area contributed by atoms with Gasteiger partial charge >= 0.3 is 0 Å². The van der Waals surface area contributed by atoms with Crippen molar-refractivity contribution in [3.63, 3.8) is 0 Å². The molecule has 0 radical (unpaired) electrons. The average molecular weight is 484 g/mol. The molecule has 0 aliphatic carbocycles. The molecule has 1 unspecified atom stereocenters. The first kappa shape index (κ1) is 20.7. The van der Waals surface area contributed by atoms with Gasteiger partial charge in [-0.1, -0.05) is 18.2 Å². The number of allylic oxidation sites excluding steroid dienone is 2. The summed E-state index contributed by atoms with van der Waals surface area (Å²) in [6.45, 7) is -1.28. The van der Waals surface area contributed by atoms with Gasteiger partial charge in [-0.3, -0.25) is 14.5 Å². The van der Waals surface area contributed by atoms with E-state index in [0.29, 0.717) is 11.1 Å². The van der Waals surface area contributed by atoms with Crippen LogP contribution in [-0.4, -0.2) is 60.0 Å². The second-order valence-electron chi connectivity index (χ2n) is 7.06. The normalized spacial score (nSPS) is 23.5. The summed E-state index contributed by atoms with van der Waals surface area (Å²) in [6.07, 6.45) is 4.19. The SMILES string of the molecule is O=C(c1ccc(C2=CC=CN3C(=O)C(Br)=C(F)NC23)cc1)N1CCOCC(F)(F)C1. The molecule has 3 heterocycles. The highest BCUT2D eigenvalue weighted by atomic mass is 79.9. The zero-order chi connectivity index (χ0) is 21.5. The summed E-state index contributed by atoms with van der Waals surface area (Å²) in [7, 11) is 0. The van der Waals surface area contributed by atoms with Crippen LogP contribution in [0.3, 0.4) is 0 Å². The molecule has 3 aliphatic rings. The maximum atomic E-state index is 14.1. The van der Waals surface area contributed by atoms with Crippen molar-refractivity contribution in [1.82, 2.24) is 15.1 Å². The number of carbonyl (C=O) groups excluding carboxylic acids is 2. The number of alkyl halides is 2. The molecule has 1 fully saturated rings. The van der Waals surface area contributed by atoms with Crippen molar-refractivity contribution >= 4 is 33.3 Å². The van der Waals surface area contributed by atoms with Crippen LogP contribution in [0, 0.1) is 0 Å². The number of fused-ring (bicyclic) bond motifs is 1. The topological polar surface area (TPSA) is 61.9 Å². The summed E-state index contributed by atoms with van der Waals surface area (Å²) in [5, 5.41) is 2.63. The summed E-state index contributed by atoms with van der Waals surface area (Å²) in [5.41, 5.74) is 1.53. The van der Waals surface area contributed by atoms with E-state index in [2.05, 4.69) is 21.2 Å². The first-order chi connectivity index (χ1) is 14.3. The van der Waals surface area contributed by atoms with E-state index in [1.807, 2.05) is 0 Å². The number of benzene rings is 1. The Balaban J connectivity index is 1.55. The Morgan fingerprint density at radius 3 is 2.73 bits per heavy atom. The van der Waals surface area contributed by atoms with Gasteiger partial charge in [-0.05, 0) is 39.7 Å². The van der Waals surface area contributed by atoms with Crippen LogP contribution in [0.2, 0.25) is 0 Å². The Morgan fingerprint density at radius 2 is 2.00 bits per heavy atom. The van der Waals surface area contributed by atoms with Gasteiger partial charge in [0.15, 0.2) is 0 Å². The van der Waals surface area contributed by atoms with Crippen molar-refractivity contribution in [2.45, 2.75) is 12.1 Å². The van der Waals surface area contributed by atoms with Crippen molar-refractivity contribution in [1.29, 1.82) is 0 Å². The fourth-order valence-electron chi connectivity index (χ4n) is 3.50. The highest BCUT2D eigenvalue weighted by Crippen LogP contribution is 2.32. The molecule has 0 saturated carbocycles. The monoisotopic (exact) mass is 483 g/mol. The standard InChI is InChI=1S/C20H17BrF3N3O3/c21-15-16(22)25-17-14(2-1-7-27(17)19(15)29)12-3-5-13(6-4-12)18(28)26-8-9-30-11-20(23,24)10-26/h1-7,17,25H,8-11H2. The van der Waals surface area contributed by atoms with Gasteiger partial charge in [0.25, 0.3) is 17.7 Å². The third-order valence-corrected chi connectivity index (χ3v) is 5.65. The van der Waals surface area contributed by atoms with Gasteiger partial charge in [-0.25, -0.2) is 8.78 Å². The third kappa shape index (κ3) is 3.89. The minimum absolute atomic E-state index is 0.0461. The minimum atomic E-state index is -3.10. The fraction of sp³-hybridized carbons (Fsp3) is 0.300. The van der Waals surface area contributed by atoms with Crippen LogP contribution in [0.25, 0.3) is 5.57 Å². The average Bonchev–Trinajstić information content (AvgIpc) is 2.92. The van der Waals surface area contributed by atoms with E-state index < -0.39 is 43.0 Å². The first-order valence-corrected chi connectivity index (χ1v) is 9.94. The lowest BCUT2D eigenvalue weighted by Crippen LogP contribution is -2.50. The Kier molecular flexibility index (Phi) is 5.46. The Hall–Kier alpha value is -2.59. The number of carbonyl (C=O) groups is 2. The predicted octanol–water partition coefficient (Wildman–Crippen LogP) is 3.00. The zero-order valence-electron chi connectivity index (χ0n) is 15.6. The molecule has 0 aromatic heterocycles. The smallest absolute Gasteiger partial charge is 0.288 e. The van der Waals surface area contributed by atoms with Crippen molar-refractivity contribution in [2.24, 2.45) is 0 Å². The molecule has 0 bridgehead atoms. The maximum absolute atomic E-state index is 14.1. The molecule has 6 nitrogen and oxygen atoms in total. The Morgan fingerprint density at radius 1 is 1.27 bits per heavy atom. The summed E-state index contributed by atoms with van der Waals surface area (Å²) in [6, 6.07) is 6.33. The predicted molar refractivity (Wildman–Crippen MR) is 106 cm³/mol. The summed E-state index contributed by atoms with van der Waals surface area (Å²) in [4.78, 5) is 27.4. The molecule has 1 aromatic rings. The van der Waals surface area contributed by atoms with Gasteiger partial charge in [0.2, 0.25) is 5.95 Å². The van der Waals surface area contributed by atoms with Gasteiger partial charge in [0, 0.05) is 23.9 Å². The lowest BCUT2D eigenvalue weighted by Gasteiger charge is -2.37. The van der Waals surface area contributed by atoms with Crippen molar-refractivity contribution < 1.29 is 27.5 Å². The van der Waals surface area contributed by atoms with E-state index in [9.17, 15) is 22.8 Å². The molecule has 2 amide bonds. The third-order valence-electron chi connectivity index (χ3n) is 4.97. The highest BCUT2D eigenvalue weighted by Gasteiger charge is 2.37. The Labute approximate surface area is 178 Å². The van der Waals surface area contributed by atoms with E-state index >= 15 is 0 Å². The summed E-state index contributed by atoms with van der Waals surface area (Å²) in [5.74, 6) is -4.90. The van der Waals surface area contributed by atoms with Gasteiger partial charge in [-0.15, -0.1) is 0 Å². The molecular formula is C20H17BrF3N3O3. The molecule has 1 atom stereocenters. The molecule has 30 heavy (non-hydrogen) atoms. The van der Waals surface area contributed by atoms with E-state index in [4.69, 9.17) is 4.74 Å². The van der Waals surface area contributed by atoms with Gasteiger partial charge < -0.3 is 15.0 Å². The largest absolute Gasteiger partial charge is 0.373 e. The van der Waals surface area contributed by atoms with Gasteiger partial charge in [0.05, 0.1) is 13.2 Å². The van der Waals surface area contributed by atoms with E-state index in [0.717, 1.165) is 4.90 Å². The van der Waals surface area contributed by atoms with Crippen LogP contribution >= 0.6 is 15.9 Å². The number of hydrogen-bond acceptors (Lipinski definition) is 4.